The molecule has 1 N–H and O–H groups in total. The SMILES string of the molecule is CCOc1ccc(OCCNC(=O)c2cc(Cl)ccc2Cl)cc1. The van der Waals surface area contributed by atoms with E-state index in [1.165, 1.54) is 6.07 Å². The number of halogens is 2. The molecule has 0 unspecified atom stereocenters. The van der Waals surface area contributed by atoms with E-state index in [1.807, 2.05) is 31.2 Å². The van der Waals surface area contributed by atoms with Gasteiger partial charge >= 0.3 is 0 Å². The van der Waals surface area contributed by atoms with E-state index in [-0.39, 0.29) is 5.91 Å². The zero-order chi connectivity index (χ0) is 16.7. The molecule has 0 saturated heterocycles. The molecule has 4 nitrogen and oxygen atoms in total. The van der Waals surface area contributed by atoms with E-state index in [0.29, 0.717) is 41.1 Å². The molecule has 0 aliphatic heterocycles. The Bertz CT molecular complexity index is 659. The van der Waals surface area contributed by atoms with Crippen molar-refractivity contribution in [3.8, 4) is 11.5 Å². The van der Waals surface area contributed by atoms with E-state index < -0.39 is 0 Å². The van der Waals surface area contributed by atoms with E-state index in [1.54, 1.807) is 12.1 Å². The molecule has 0 aliphatic rings. The Labute approximate surface area is 145 Å². The quantitative estimate of drug-likeness (QED) is 0.758. The van der Waals surface area contributed by atoms with Crippen LogP contribution in [0.2, 0.25) is 10.0 Å². The number of nitrogens with one attached hydrogen (secondary N) is 1. The molecule has 0 radical (unpaired) electrons. The molecule has 0 atom stereocenters. The summed E-state index contributed by atoms with van der Waals surface area (Å²) >= 11 is 11.8. The summed E-state index contributed by atoms with van der Waals surface area (Å²) in [5, 5.41) is 3.56. The number of hydrogen-bond donors (Lipinski definition) is 1. The Morgan fingerprint density at radius 2 is 1.70 bits per heavy atom. The molecule has 0 aliphatic carbocycles. The smallest absolute Gasteiger partial charge is 0.252 e. The number of amides is 1. The average molecular weight is 354 g/mol. The lowest BCUT2D eigenvalue weighted by Gasteiger charge is -2.09. The predicted molar refractivity (Wildman–Crippen MR) is 91.9 cm³/mol. The number of benzene rings is 2. The van der Waals surface area contributed by atoms with Crippen molar-refractivity contribution in [2.75, 3.05) is 19.8 Å². The van der Waals surface area contributed by atoms with Crippen LogP contribution in [0, 0.1) is 0 Å². The van der Waals surface area contributed by atoms with Gasteiger partial charge < -0.3 is 14.8 Å². The van der Waals surface area contributed by atoms with Crippen molar-refractivity contribution in [1.82, 2.24) is 5.32 Å². The fourth-order valence-electron chi connectivity index (χ4n) is 1.90. The van der Waals surface area contributed by atoms with Gasteiger partial charge in [0.2, 0.25) is 0 Å². The first kappa shape index (κ1) is 17.4. The predicted octanol–water partition coefficient (Wildman–Crippen LogP) is 4.20. The maximum absolute atomic E-state index is 12.0. The fourth-order valence-corrected chi connectivity index (χ4v) is 2.27. The van der Waals surface area contributed by atoms with Crippen molar-refractivity contribution >= 4 is 29.1 Å². The van der Waals surface area contributed by atoms with Gasteiger partial charge in [-0.3, -0.25) is 4.79 Å². The maximum Gasteiger partial charge on any atom is 0.252 e. The van der Waals surface area contributed by atoms with Gasteiger partial charge in [0, 0.05) is 5.02 Å². The molecular formula is C17H17Cl2NO3. The van der Waals surface area contributed by atoms with Crippen LogP contribution in [0.15, 0.2) is 42.5 Å². The number of ether oxygens (including phenoxy) is 2. The molecule has 0 fully saturated rings. The molecule has 2 aromatic rings. The summed E-state index contributed by atoms with van der Waals surface area (Å²) in [6.45, 7) is 3.25. The molecule has 2 aromatic carbocycles. The van der Waals surface area contributed by atoms with Crippen LogP contribution in [-0.4, -0.2) is 25.7 Å². The van der Waals surface area contributed by atoms with Crippen molar-refractivity contribution in [1.29, 1.82) is 0 Å². The summed E-state index contributed by atoms with van der Waals surface area (Å²) in [6.07, 6.45) is 0. The van der Waals surface area contributed by atoms with Gasteiger partial charge in [0.1, 0.15) is 18.1 Å². The number of hydrogen-bond acceptors (Lipinski definition) is 3. The van der Waals surface area contributed by atoms with E-state index >= 15 is 0 Å². The van der Waals surface area contributed by atoms with Crippen LogP contribution < -0.4 is 14.8 Å². The normalized spacial score (nSPS) is 10.2. The van der Waals surface area contributed by atoms with Crippen molar-refractivity contribution in [2.24, 2.45) is 0 Å². The maximum atomic E-state index is 12.0. The zero-order valence-electron chi connectivity index (χ0n) is 12.6. The van der Waals surface area contributed by atoms with Crippen LogP contribution in [0.3, 0.4) is 0 Å². The first-order chi connectivity index (χ1) is 11.1. The number of carbonyl (C=O) groups excluding carboxylic acids is 1. The Morgan fingerprint density at radius 3 is 2.35 bits per heavy atom. The first-order valence-electron chi connectivity index (χ1n) is 7.19. The minimum absolute atomic E-state index is 0.284. The first-order valence-corrected chi connectivity index (χ1v) is 7.94. The highest BCUT2D eigenvalue weighted by molar-refractivity contribution is 6.35. The lowest BCUT2D eigenvalue weighted by Crippen LogP contribution is -2.28. The summed E-state index contributed by atoms with van der Waals surface area (Å²) in [5.74, 6) is 1.22. The highest BCUT2D eigenvalue weighted by Gasteiger charge is 2.10. The largest absolute Gasteiger partial charge is 0.494 e. The van der Waals surface area contributed by atoms with Crippen LogP contribution >= 0.6 is 23.2 Å². The van der Waals surface area contributed by atoms with E-state index in [4.69, 9.17) is 32.7 Å². The minimum atomic E-state index is -0.284. The Balaban J connectivity index is 1.78. The second kappa shape index (κ2) is 8.65. The summed E-state index contributed by atoms with van der Waals surface area (Å²) in [5.41, 5.74) is 0.347. The second-order valence-corrected chi connectivity index (χ2v) is 5.48. The molecular weight excluding hydrogens is 337 g/mol. The lowest BCUT2D eigenvalue weighted by atomic mass is 10.2. The molecule has 0 heterocycles. The topological polar surface area (TPSA) is 47.6 Å². The summed E-state index contributed by atoms with van der Waals surface area (Å²) in [6, 6.07) is 12.1. The van der Waals surface area contributed by atoms with Crippen molar-refractivity contribution in [2.45, 2.75) is 6.92 Å². The standard InChI is InChI=1S/C17H17Cl2NO3/c1-2-22-13-4-6-14(7-5-13)23-10-9-20-17(21)15-11-12(18)3-8-16(15)19/h3-8,11H,2,9-10H2,1H3,(H,20,21). The Morgan fingerprint density at radius 1 is 1.04 bits per heavy atom. The second-order valence-electron chi connectivity index (χ2n) is 4.63. The van der Waals surface area contributed by atoms with Crippen LogP contribution in [0.25, 0.3) is 0 Å². The molecule has 2 rings (SSSR count). The number of rotatable bonds is 7. The Hall–Kier alpha value is -1.91. The molecule has 0 saturated carbocycles. The van der Waals surface area contributed by atoms with E-state index in [9.17, 15) is 4.79 Å². The summed E-state index contributed by atoms with van der Waals surface area (Å²) in [4.78, 5) is 12.0. The van der Waals surface area contributed by atoms with Crippen LogP contribution in [-0.2, 0) is 0 Å². The van der Waals surface area contributed by atoms with Crippen molar-refractivity contribution in [3.63, 3.8) is 0 Å². The minimum Gasteiger partial charge on any atom is -0.494 e. The van der Waals surface area contributed by atoms with Gasteiger partial charge in [-0.15, -0.1) is 0 Å². The van der Waals surface area contributed by atoms with E-state index in [0.717, 1.165) is 5.75 Å². The third kappa shape index (κ3) is 5.34. The van der Waals surface area contributed by atoms with Gasteiger partial charge in [0.05, 0.1) is 23.7 Å². The molecule has 6 heteroatoms. The summed E-state index contributed by atoms with van der Waals surface area (Å²) in [7, 11) is 0. The summed E-state index contributed by atoms with van der Waals surface area (Å²) < 4.78 is 10.9. The van der Waals surface area contributed by atoms with Gasteiger partial charge in [0.25, 0.3) is 5.91 Å². The molecule has 1 amide bonds. The van der Waals surface area contributed by atoms with Gasteiger partial charge in [-0.05, 0) is 49.4 Å². The van der Waals surface area contributed by atoms with Crippen LogP contribution in [0.4, 0.5) is 0 Å². The van der Waals surface area contributed by atoms with Gasteiger partial charge in [0.15, 0.2) is 0 Å². The van der Waals surface area contributed by atoms with Crippen LogP contribution in [0.5, 0.6) is 11.5 Å². The third-order valence-corrected chi connectivity index (χ3v) is 3.53. The highest BCUT2D eigenvalue weighted by atomic mass is 35.5. The molecule has 23 heavy (non-hydrogen) atoms. The molecule has 0 bridgehead atoms. The lowest BCUT2D eigenvalue weighted by molar-refractivity contribution is 0.0947. The average Bonchev–Trinajstić information content (AvgIpc) is 2.55. The van der Waals surface area contributed by atoms with E-state index in [2.05, 4.69) is 5.32 Å². The molecule has 122 valence electrons. The molecule has 0 spiro atoms. The van der Waals surface area contributed by atoms with Gasteiger partial charge in [-0.1, -0.05) is 23.2 Å². The molecule has 0 aromatic heterocycles. The van der Waals surface area contributed by atoms with Gasteiger partial charge in [-0.25, -0.2) is 0 Å². The van der Waals surface area contributed by atoms with Gasteiger partial charge in [-0.2, -0.15) is 0 Å². The Kier molecular flexibility index (Phi) is 6.56. The highest BCUT2D eigenvalue weighted by Crippen LogP contribution is 2.20. The number of carbonyl (C=O) groups is 1. The van der Waals surface area contributed by atoms with Crippen molar-refractivity contribution < 1.29 is 14.3 Å². The zero-order valence-corrected chi connectivity index (χ0v) is 14.2. The van der Waals surface area contributed by atoms with Crippen molar-refractivity contribution in [3.05, 3.63) is 58.1 Å². The third-order valence-electron chi connectivity index (χ3n) is 2.96. The van der Waals surface area contributed by atoms with Crippen LogP contribution in [0.1, 0.15) is 17.3 Å². The monoisotopic (exact) mass is 353 g/mol. The fraction of sp³-hybridized carbons (Fsp3) is 0.235.